The van der Waals surface area contributed by atoms with Crippen molar-refractivity contribution in [3.63, 3.8) is 0 Å². The van der Waals surface area contributed by atoms with Gasteiger partial charge in [0, 0.05) is 5.56 Å². The molecular weight excluding hydrogens is 238 g/mol. The SMILES string of the molecule is C=C(C)C(c1ccccc1)[N+](CC)(CC)CC(=O)[O-]. The van der Waals surface area contributed by atoms with E-state index in [2.05, 4.69) is 6.58 Å². The quantitative estimate of drug-likeness (QED) is 0.555. The monoisotopic (exact) mass is 261 g/mol. The van der Waals surface area contributed by atoms with Gasteiger partial charge in [0.1, 0.15) is 12.6 Å². The van der Waals surface area contributed by atoms with Crippen LogP contribution < -0.4 is 5.11 Å². The molecule has 0 bridgehead atoms. The summed E-state index contributed by atoms with van der Waals surface area (Å²) in [5, 5.41) is 11.1. The van der Waals surface area contributed by atoms with Gasteiger partial charge >= 0.3 is 0 Å². The van der Waals surface area contributed by atoms with Crippen LogP contribution in [-0.2, 0) is 4.79 Å². The third-order valence-electron chi connectivity index (χ3n) is 3.83. The van der Waals surface area contributed by atoms with Crippen molar-refractivity contribution in [1.29, 1.82) is 0 Å². The zero-order chi connectivity index (χ0) is 14.5. The molecule has 1 rings (SSSR count). The number of carbonyl (C=O) groups excluding carboxylic acids is 1. The Morgan fingerprint density at radius 2 is 1.79 bits per heavy atom. The first-order chi connectivity index (χ1) is 8.96. The maximum absolute atomic E-state index is 11.1. The first-order valence-corrected chi connectivity index (χ1v) is 6.72. The number of hydrogen-bond donors (Lipinski definition) is 0. The maximum Gasteiger partial charge on any atom is 0.136 e. The molecule has 0 radical (unpaired) electrons. The number of carbonyl (C=O) groups is 1. The highest BCUT2D eigenvalue weighted by Gasteiger charge is 2.35. The van der Waals surface area contributed by atoms with Gasteiger partial charge < -0.3 is 14.4 Å². The van der Waals surface area contributed by atoms with Gasteiger partial charge in [0.15, 0.2) is 0 Å². The zero-order valence-corrected chi connectivity index (χ0v) is 12.1. The van der Waals surface area contributed by atoms with E-state index in [0.717, 1.165) is 24.2 Å². The van der Waals surface area contributed by atoms with Gasteiger partial charge in [0.05, 0.1) is 19.1 Å². The van der Waals surface area contributed by atoms with Gasteiger partial charge in [0.2, 0.25) is 0 Å². The normalized spacial score (nSPS) is 13.0. The first-order valence-electron chi connectivity index (χ1n) is 6.72. The van der Waals surface area contributed by atoms with Crippen LogP contribution in [0.3, 0.4) is 0 Å². The molecule has 0 saturated carbocycles. The average molecular weight is 261 g/mol. The second-order valence-electron chi connectivity index (χ2n) is 5.04. The summed E-state index contributed by atoms with van der Waals surface area (Å²) in [6.07, 6.45) is 0. The molecule has 104 valence electrons. The summed E-state index contributed by atoms with van der Waals surface area (Å²) in [6, 6.07) is 9.98. The van der Waals surface area contributed by atoms with E-state index in [1.165, 1.54) is 0 Å². The van der Waals surface area contributed by atoms with Crippen molar-refractivity contribution in [2.75, 3.05) is 19.6 Å². The van der Waals surface area contributed by atoms with E-state index in [9.17, 15) is 9.90 Å². The van der Waals surface area contributed by atoms with Gasteiger partial charge in [-0.25, -0.2) is 0 Å². The Hall–Kier alpha value is -1.61. The van der Waals surface area contributed by atoms with Crippen LogP contribution in [0.1, 0.15) is 32.4 Å². The number of benzene rings is 1. The molecule has 1 unspecified atom stereocenters. The number of aliphatic carboxylic acids is 1. The number of rotatable bonds is 7. The Bertz CT molecular complexity index is 435. The molecule has 0 aromatic heterocycles. The average Bonchev–Trinajstić information content (AvgIpc) is 2.38. The molecule has 3 nitrogen and oxygen atoms in total. The Morgan fingerprint density at radius 3 is 2.16 bits per heavy atom. The Morgan fingerprint density at radius 1 is 1.26 bits per heavy atom. The van der Waals surface area contributed by atoms with Crippen molar-refractivity contribution < 1.29 is 14.4 Å². The summed E-state index contributed by atoms with van der Waals surface area (Å²) >= 11 is 0. The molecule has 0 aliphatic rings. The minimum Gasteiger partial charge on any atom is -0.544 e. The molecule has 1 aromatic carbocycles. The number of quaternary nitrogens is 1. The molecular formula is C16H23NO2. The number of likely N-dealkylation sites (N-methyl/N-ethyl adjacent to an activating group) is 1. The van der Waals surface area contributed by atoms with Crippen LogP contribution in [0.5, 0.6) is 0 Å². The van der Waals surface area contributed by atoms with Crippen LogP contribution >= 0.6 is 0 Å². The number of nitrogens with zero attached hydrogens (tertiary/aromatic N) is 1. The molecule has 0 N–H and O–H groups in total. The van der Waals surface area contributed by atoms with Gasteiger partial charge in [-0.1, -0.05) is 36.9 Å². The van der Waals surface area contributed by atoms with E-state index in [1.54, 1.807) is 0 Å². The van der Waals surface area contributed by atoms with Crippen molar-refractivity contribution in [2.45, 2.75) is 26.8 Å². The van der Waals surface area contributed by atoms with E-state index in [0.29, 0.717) is 4.48 Å². The van der Waals surface area contributed by atoms with Crippen LogP contribution in [0.15, 0.2) is 42.5 Å². The summed E-state index contributed by atoms with van der Waals surface area (Å²) in [6.45, 7) is 11.6. The highest BCUT2D eigenvalue weighted by atomic mass is 16.4. The third kappa shape index (κ3) is 3.44. The molecule has 0 aliphatic heterocycles. The molecule has 3 heteroatoms. The fraction of sp³-hybridized carbons (Fsp3) is 0.438. The lowest BCUT2D eigenvalue weighted by atomic mass is 9.96. The fourth-order valence-corrected chi connectivity index (χ4v) is 2.86. The lowest BCUT2D eigenvalue weighted by Gasteiger charge is -2.44. The van der Waals surface area contributed by atoms with Crippen molar-refractivity contribution in [3.8, 4) is 0 Å². The zero-order valence-electron chi connectivity index (χ0n) is 12.1. The molecule has 19 heavy (non-hydrogen) atoms. The molecule has 0 amide bonds. The molecule has 0 aliphatic carbocycles. The summed E-state index contributed by atoms with van der Waals surface area (Å²) in [4.78, 5) is 11.1. The van der Waals surface area contributed by atoms with Crippen LogP contribution in [0, 0.1) is 0 Å². The van der Waals surface area contributed by atoms with E-state index in [1.807, 2.05) is 51.1 Å². The predicted molar refractivity (Wildman–Crippen MR) is 75.2 cm³/mol. The van der Waals surface area contributed by atoms with E-state index in [-0.39, 0.29) is 12.6 Å². The highest BCUT2D eigenvalue weighted by molar-refractivity contribution is 5.65. The number of hydrogen-bond acceptors (Lipinski definition) is 2. The molecule has 0 fully saturated rings. The minimum absolute atomic E-state index is 0.00546. The highest BCUT2D eigenvalue weighted by Crippen LogP contribution is 2.33. The number of carboxylic acid groups (broad SMARTS) is 1. The second kappa shape index (κ2) is 6.53. The van der Waals surface area contributed by atoms with Crippen molar-refractivity contribution in [1.82, 2.24) is 0 Å². The molecule has 0 heterocycles. The maximum atomic E-state index is 11.1. The lowest BCUT2D eigenvalue weighted by Crippen LogP contribution is -2.56. The van der Waals surface area contributed by atoms with Crippen molar-refractivity contribution >= 4 is 5.97 Å². The van der Waals surface area contributed by atoms with Crippen LogP contribution in [0.25, 0.3) is 0 Å². The third-order valence-corrected chi connectivity index (χ3v) is 3.83. The standard InChI is InChI=1S/C16H23NO2/c1-5-17(6-2,12-15(18)19)16(13(3)4)14-10-8-7-9-11-14/h7-11,16H,3,5-6,12H2,1-2,4H3. The Labute approximate surface area is 115 Å². The summed E-state index contributed by atoms with van der Waals surface area (Å²) < 4.78 is 0.446. The molecule has 1 atom stereocenters. The van der Waals surface area contributed by atoms with E-state index in [4.69, 9.17) is 0 Å². The first kappa shape index (κ1) is 15.4. The van der Waals surface area contributed by atoms with Crippen LogP contribution in [0.4, 0.5) is 0 Å². The number of carboxylic acids is 1. The Kier molecular flexibility index (Phi) is 5.31. The van der Waals surface area contributed by atoms with Crippen LogP contribution in [0.2, 0.25) is 0 Å². The van der Waals surface area contributed by atoms with Crippen molar-refractivity contribution in [3.05, 3.63) is 48.0 Å². The van der Waals surface area contributed by atoms with Crippen LogP contribution in [-0.4, -0.2) is 30.1 Å². The van der Waals surface area contributed by atoms with Gasteiger partial charge in [-0.3, -0.25) is 0 Å². The van der Waals surface area contributed by atoms with Gasteiger partial charge in [0.25, 0.3) is 0 Å². The van der Waals surface area contributed by atoms with Gasteiger partial charge in [-0.2, -0.15) is 0 Å². The largest absolute Gasteiger partial charge is 0.544 e. The minimum atomic E-state index is -1.01. The summed E-state index contributed by atoms with van der Waals surface area (Å²) in [5.74, 6) is -1.01. The molecule has 0 saturated heterocycles. The smallest absolute Gasteiger partial charge is 0.136 e. The van der Waals surface area contributed by atoms with Gasteiger partial charge in [-0.05, 0) is 26.3 Å². The summed E-state index contributed by atoms with van der Waals surface area (Å²) in [5.41, 5.74) is 2.09. The second-order valence-corrected chi connectivity index (χ2v) is 5.04. The fourth-order valence-electron chi connectivity index (χ4n) is 2.86. The van der Waals surface area contributed by atoms with Gasteiger partial charge in [-0.15, -0.1) is 0 Å². The van der Waals surface area contributed by atoms with Crippen molar-refractivity contribution in [2.24, 2.45) is 0 Å². The van der Waals surface area contributed by atoms with E-state index < -0.39 is 5.97 Å². The molecule has 1 aromatic rings. The summed E-state index contributed by atoms with van der Waals surface area (Å²) in [7, 11) is 0. The predicted octanol–water partition coefficient (Wildman–Crippen LogP) is 1.91. The lowest BCUT2D eigenvalue weighted by molar-refractivity contribution is -0.943. The Balaban J connectivity index is 3.28. The topological polar surface area (TPSA) is 40.1 Å². The molecule has 0 spiro atoms. The van der Waals surface area contributed by atoms with E-state index >= 15 is 0 Å².